The molecule has 32 heavy (non-hydrogen) atoms. The molecule has 0 radical (unpaired) electrons. The van der Waals surface area contributed by atoms with Gasteiger partial charge in [0.15, 0.2) is 0 Å². The SMILES string of the molecule is Cn1nc(C2CCN(C(=O)NCc3cccc(F)c3)CC2)n(CCc2ccccc2)c1=O. The van der Waals surface area contributed by atoms with Gasteiger partial charge >= 0.3 is 11.7 Å². The van der Waals surface area contributed by atoms with Crippen LogP contribution in [0, 0.1) is 5.82 Å². The van der Waals surface area contributed by atoms with Crippen molar-refractivity contribution in [2.24, 2.45) is 7.05 Å². The fourth-order valence-electron chi connectivity index (χ4n) is 4.20. The van der Waals surface area contributed by atoms with Crippen LogP contribution in [0.3, 0.4) is 0 Å². The maximum Gasteiger partial charge on any atom is 0.345 e. The average molecular weight is 438 g/mol. The number of carbonyl (C=O) groups is 1. The van der Waals surface area contributed by atoms with E-state index >= 15 is 0 Å². The lowest BCUT2D eigenvalue weighted by molar-refractivity contribution is 0.179. The Labute approximate surface area is 186 Å². The molecule has 168 valence electrons. The van der Waals surface area contributed by atoms with E-state index in [-0.39, 0.29) is 30.0 Å². The van der Waals surface area contributed by atoms with Gasteiger partial charge in [0.25, 0.3) is 0 Å². The molecule has 7 nitrogen and oxygen atoms in total. The number of urea groups is 1. The van der Waals surface area contributed by atoms with Crippen molar-refractivity contribution in [3.8, 4) is 0 Å². The minimum atomic E-state index is -0.314. The lowest BCUT2D eigenvalue weighted by Crippen LogP contribution is -2.44. The zero-order valence-electron chi connectivity index (χ0n) is 18.2. The van der Waals surface area contributed by atoms with E-state index in [0.717, 1.165) is 30.7 Å². The van der Waals surface area contributed by atoms with E-state index in [1.54, 1.807) is 28.6 Å². The summed E-state index contributed by atoms with van der Waals surface area (Å²) in [7, 11) is 1.68. The molecule has 2 aromatic carbocycles. The number of hydrogen-bond donors (Lipinski definition) is 1. The van der Waals surface area contributed by atoms with E-state index in [0.29, 0.717) is 19.6 Å². The molecule has 0 atom stereocenters. The summed E-state index contributed by atoms with van der Waals surface area (Å²) in [6, 6.07) is 16.1. The normalized spacial score (nSPS) is 14.5. The molecular weight excluding hydrogens is 409 g/mol. The Morgan fingerprint density at radius 2 is 1.81 bits per heavy atom. The highest BCUT2D eigenvalue weighted by molar-refractivity contribution is 5.74. The first-order valence-electron chi connectivity index (χ1n) is 11.0. The molecule has 0 unspecified atom stereocenters. The van der Waals surface area contributed by atoms with Crippen molar-refractivity contribution < 1.29 is 9.18 Å². The topological polar surface area (TPSA) is 72.2 Å². The number of rotatable bonds is 6. The van der Waals surface area contributed by atoms with Gasteiger partial charge in [-0.25, -0.2) is 18.7 Å². The Hall–Kier alpha value is -3.42. The number of halogens is 1. The lowest BCUT2D eigenvalue weighted by atomic mass is 9.96. The summed E-state index contributed by atoms with van der Waals surface area (Å²) in [5, 5.41) is 7.37. The van der Waals surface area contributed by atoms with Gasteiger partial charge < -0.3 is 10.2 Å². The second kappa shape index (κ2) is 9.80. The van der Waals surface area contributed by atoms with E-state index in [1.807, 2.05) is 18.2 Å². The quantitative estimate of drug-likeness (QED) is 0.644. The van der Waals surface area contributed by atoms with Crippen molar-refractivity contribution in [3.63, 3.8) is 0 Å². The number of piperidine rings is 1. The first-order valence-corrected chi connectivity index (χ1v) is 11.0. The van der Waals surface area contributed by atoms with Gasteiger partial charge in [-0.3, -0.25) is 4.57 Å². The van der Waals surface area contributed by atoms with Crippen molar-refractivity contribution in [1.82, 2.24) is 24.6 Å². The zero-order valence-corrected chi connectivity index (χ0v) is 18.2. The molecule has 2 heterocycles. The van der Waals surface area contributed by atoms with E-state index in [1.165, 1.54) is 22.4 Å². The molecule has 2 amide bonds. The van der Waals surface area contributed by atoms with E-state index in [9.17, 15) is 14.0 Å². The number of nitrogens with zero attached hydrogens (tertiary/aromatic N) is 4. The smallest absolute Gasteiger partial charge is 0.334 e. The summed E-state index contributed by atoms with van der Waals surface area (Å²) >= 11 is 0. The van der Waals surface area contributed by atoms with Gasteiger partial charge in [0.2, 0.25) is 0 Å². The number of aromatic nitrogens is 3. The highest BCUT2D eigenvalue weighted by Gasteiger charge is 2.28. The molecule has 1 saturated heterocycles. The summed E-state index contributed by atoms with van der Waals surface area (Å²) in [5.74, 6) is 0.617. The highest BCUT2D eigenvalue weighted by Crippen LogP contribution is 2.26. The molecule has 8 heteroatoms. The number of nitrogens with one attached hydrogen (secondary N) is 1. The van der Waals surface area contributed by atoms with Crippen LogP contribution in [0.4, 0.5) is 9.18 Å². The minimum Gasteiger partial charge on any atom is -0.334 e. The predicted octanol–water partition coefficient (Wildman–Crippen LogP) is 3.05. The van der Waals surface area contributed by atoms with Gasteiger partial charge in [-0.05, 0) is 42.5 Å². The van der Waals surface area contributed by atoms with Crippen molar-refractivity contribution in [2.45, 2.75) is 38.3 Å². The van der Waals surface area contributed by atoms with Crippen LogP contribution < -0.4 is 11.0 Å². The Morgan fingerprint density at radius 1 is 1.09 bits per heavy atom. The number of likely N-dealkylation sites (tertiary alicyclic amines) is 1. The Kier molecular flexibility index (Phi) is 6.68. The summed E-state index contributed by atoms with van der Waals surface area (Å²) in [5.41, 5.74) is 1.80. The molecule has 4 rings (SSSR count). The molecule has 0 bridgehead atoms. The van der Waals surface area contributed by atoms with Crippen LogP contribution in [0.1, 0.15) is 35.7 Å². The second-order valence-corrected chi connectivity index (χ2v) is 8.20. The maximum absolute atomic E-state index is 13.3. The van der Waals surface area contributed by atoms with Crippen molar-refractivity contribution in [3.05, 3.63) is 87.9 Å². The van der Waals surface area contributed by atoms with E-state index in [4.69, 9.17) is 0 Å². The van der Waals surface area contributed by atoms with Gasteiger partial charge in [-0.15, -0.1) is 0 Å². The number of amides is 2. The molecule has 1 aliphatic heterocycles. The first-order chi connectivity index (χ1) is 15.5. The number of hydrogen-bond acceptors (Lipinski definition) is 3. The van der Waals surface area contributed by atoms with Crippen LogP contribution in [-0.4, -0.2) is 38.4 Å². The van der Waals surface area contributed by atoms with Crippen LogP contribution in [0.5, 0.6) is 0 Å². The van der Waals surface area contributed by atoms with Crippen molar-refractivity contribution >= 4 is 6.03 Å². The molecule has 0 spiro atoms. The van der Waals surface area contributed by atoms with E-state index < -0.39 is 0 Å². The fourth-order valence-corrected chi connectivity index (χ4v) is 4.20. The second-order valence-electron chi connectivity index (χ2n) is 8.20. The largest absolute Gasteiger partial charge is 0.345 e. The molecule has 1 N–H and O–H groups in total. The monoisotopic (exact) mass is 437 g/mol. The summed E-state index contributed by atoms with van der Waals surface area (Å²) in [6.07, 6.45) is 2.26. The highest BCUT2D eigenvalue weighted by atomic mass is 19.1. The van der Waals surface area contributed by atoms with Crippen LogP contribution in [0.2, 0.25) is 0 Å². The summed E-state index contributed by atoms with van der Waals surface area (Å²) in [4.78, 5) is 26.9. The van der Waals surface area contributed by atoms with Gasteiger partial charge in [0.05, 0.1) is 0 Å². The molecule has 1 aromatic heterocycles. The van der Waals surface area contributed by atoms with Gasteiger partial charge in [0, 0.05) is 39.1 Å². The van der Waals surface area contributed by atoms with Crippen LogP contribution in [-0.2, 0) is 26.6 Å². The third kappa shape index (κ3) is 5.07. The van der Waals surface area contributed by atoms with Crippen LogP contribution in [0.15, 0.2) is 59.4 Å². The van der Waals surface area contributed by atoms with Gasteiger partial charge in [-0.1, -0.05) is 42.5 Å². The molecule has 0 aliphatic carbocycles. The summed E-state index contributed by atoms with van der Waals surface area (Å²) < 4.78 is 16.5. The summed E-state index contributed by atoms with van der Waals surface area (Å²) in [6.45, 7) is 2.04. The molecular formula is C24H28FN5O2. The van der Waals surface area contributed by atoms with Crippen molar-refractivity contribution in [2.75, 3.05) is 13.1 Å². The van der Waals surface area contributed by atoms with Crippen LogP contribution >= 0.6 is 0 Å². The molecule has 1 aliphatic rings. The van der Waals surface area contributed by atoms with Gasteiger partial charge in [0.1, 0.15) is 11.6 Å². The number of aryl methyl sites for hydroxylation is 2. The van der Waals surface area contributed by atoms with Gasteiger partial charge in [-0.2, -0.15) is 5.10 Å². The maximum atomic E-state index is 13.3. The van der Waals surface area contributed by atoms with Crippen molar-refractivity contribution in [1.29, 1.82) is 0 Å². The third-order valence-electron chi connectivity index (χ3n) is 5.98. The first kappa shape index (κ1) is 21.8. The average Bonchev–Trinajstić information content (AvgIpc) is 3.10. The van der Waals surface area contributed by atoms with Crippen LogP contribution in [0.25, 0.3) is 0 Å². The molecule has 3 aromatic rings. The predicted molar refractivity (Wildman–Crippen MR) is 120 cm³/mol. The third-order valence-corrected chi connectivity index (χ3v) is 5.98. The minimum absolute atomic E-state index is 0.105. The van der Waals surface area contributed by atoms with E-state index in [2.05, 4.69) is 22.5 Å². The Balaban J connectivity index is 1.35. The molecule has 1 fully saturated rings. The lowest BCUT2D eigenvalue weighted by Gasteiger charge is -2.31. The Morgan fingerprint density at radius 3 is 2.53 bits per heavy atom. The molecule has 0 saturated carbocycles. The standard InChI is InChI=1S/C24H28FN5O2/c1-28-24(32)30(15-10-18-6-3-2-4-7-18)22(27-28)20-11-13-29(14-12-20)23(31)26-17-19-8-5-9-21(25)16-19/h2-9,16,20H,10-15,17H2,1H3,(H,26,31). The Bertz CT molecular complexity index is 1120. The number of benzene rings is 2. The number of carbonyl (C=O) groups excluding carboxylic acids is 1. The zero-order chi connectivity index (χ0) is 22.5. The fraction of sp³-hybridized carbons (Fsp3) is 0.375.